The minimum atomic E-state index is -0.630. The van der Waals surface area contributed by atoms with Gasteiger partial charge in [0.05, 0.1) is 6.61 Å². The molecule has 2 N–H and O–H groups in total. The quantitative estimate of drug-likeness (QED) is 0.356. The molecular weight excluding hydrogens is 190 g/mol. The van der Waals surface area contributed by atoms with E-state index < -0.39 is 12.0 Å². The SMILES string of the molecule is CCCOCCOC(=O)[C@H](N)CS. The zero-order valence-electron chi connectivity index (χ0n) is 7.86. The molecule has 0 spiro atoms. The van der Waals surface area contributed by atoms with E-state index in [-0.39, 0.29) is 6.61 Å². The Bertz CT molecular complexity index is 143. The summed E-state index contributed by atoms with van der Waals surface area (Å²) in [7, 11) is 0. The van der Waals surface area contributed by atoms with Crippen molar-refractivity contribution in [3.63, 3.8) is 0 Å². The summed E-state index contributed by atoms with van der Waals surface area (Å²) < 4.78 is 9.91. The smallest absolute Gasteiger partial charge is 0.323 e. The van der Waals surface area contributed by atoms with Crippen LogP contribution in [0.4, 0.5) is 0 Å². The van der Waals surface area contributed by atoms with Gasteiger partial charge in [0.15, 0.2) is 0 Å². The fourth-order valence-corrected chi connectivity index (χ4v) is 0.778. The van der Waals surface area contributed by atoms with Gasteiger partial charge in [-0.2, -0.15) is 12.6 Å². The molecule has 0 heterocycles. The minimum Gasteiger partial charge on any atom is -0.462 e. The monoisotopic (exact) mass is 207 g/mol. The number of rotatable bonds is 7. The van der Waals surface area contributed by atoms with Crippen LogP contribution < -0.4 is 5.73 Å². The summed E-state index contributed by atoms with van der Waals surface area (Å²) in [6, 6.07) is -0.630. The highest BCUT2D eigenvalue weighted by Gasteiger charge is 2.11. The molecule has 4 nitrogen and oxygen atoms in total. The van der Waals surface area contributed by atoms with E-state index >= 15 is 0 Å². The molecule has 0 aliphatic heterocycles. The first-order chi connectivity index (χ1) is 6.22. The highest BCUT2D eigenvalue weighted by molar-refractivity contribution is 7.80. The molecule has 0 rings (SSSR count). The van der Waals surface area contributed by atoms with Crippen LogP contribution in [0.5, 0.6) is 0 Å². The highest BCUT2D eigenvalue weighted by atomic mass is 32.1. The molecule has 0 amide bonds. The van der Waals surface area contributed by atoms with Gasteiger partial charge in [-0.15, -0.1) is 0 Å². The largest absolute Gasteiger partial charge is 0.462 e. The lowest BCUT2D eigenvalue weighted by atomic mass is 10.4. The topological polar surface area (TPSA) is 61.5 Å². The van der Waals surface area contributed by atoms with E-state index in [4.69, 9.17) is 15.2 Å². The van der Waals surface area contributed by atoms with Crippen molar-refractivity contribution in [3.05, 3.63) is 0 Å². The number of nitrogens with two attached hydrogens (primary N) is 1. The van der Waals surface area contributed by atoms with Crippen LogP contribution in [-0.2, 0) is 14.3 Å². The first-order valence-corrected chi connectivity index (χ1v) is 4.96. The van der Waals surface area contributed by atoms with Crippen molar-refractivity contribution in [2.75, 3.05) is 25.6 Å². The lowest BCUT2D eigenvalue weighted by molar-refractivity contribution is -0.146. The van der Waals surface area contributed by atoms with Crippen LogP contribution in [0.15, 0.2) is 0 Å². The van der Waals surface area contributed by atoms with Crippen molar-refractivity contribution < 1.29 is 14.3 Å². The Hall–Kier alpha value is -0.260. The van der Waals surface area contributed by atoms with Crippen LogP contribution >= 0.6 is 12.6 Å². The molecule has 78 valence electrons. The van der Waals surface area contributed by atoms with Crippen molar-refractivity contribution in [3.8, 4) is 0 Å². The van der Waals surface area contributed by atoms with E-state index in [9.17, 15) is 4.79 Å². The van der Waals surface area contributed by atoms with Gasteiger partial charge in [0.25, 0.3) is 0 Å². The molecule has 13 heavy (non-hydrogen) atoms. The fourth-order valence-electron chi connectivity index (χ4n) is 0.629. The van der Waals surface area contributed by atoms with Gasteiger partial charge in [-0.3, -0.25) is 4.79 Å². The Labute approximate surface area is 84.2 Å². The third kappa shape index (κ3) is 6.86. The van der Waals surface area contributed by atoms with Gasteiger partial charge in [-0.05, 0) is 6.42 Å². The van der Waals surface area contributed by atoms with E-state index in [2.05, 4.69) is 12.6 Å². The van der Waals surface area contributed by atoms with Crippen LogP contribution in [0.25, 0.3) is 0 Å². The predicted octanol–water partition coefficient (Wildman–Crippen LogP) is 0.213. The van der Waals surface area contributed by atoms with Crippen molar-refractivity contribution in [2.45, 2.75) is 19.4 Å². The van der Waals surface area contributed by atoms with Gasteiger partial charge in [0.1, 0.15) is 12.6 Å². The van der Waals surface area contributed by atoms with E-state index in [0.29, 0.717) is 19.0 Å². The van der Waals surface area contributed by atoms with Crippen LogP contribution in [0.2, 0.25) is 0 Å². The second kappa shape index (κ2) is 8.34. The molecule has 0 aromatic heterocycles. The summed E-state index contributed by atoms with van der Waals surface area (Å²) in [5.74, 6) is -0.121. The summed E-state index contributed by atoms with van der Waals surface area (Å²) in [6.07, 6.45) is 0.962. The first-order valence-electron chi connectivity index (χ1n) is 4.33. The molecule has 0 fully saturated rings. The normalized spacial score (nSPS) is 12.5. The third-order valence-electron chi connectivity index (χ3n) is 1.32. The summed E-state index contributed by atoms with van der Waals surface area (Å²) in [5.41, 5.74) is 5.37. The number of carbonyl (C=O) groups excluding carboxylic acids is 1. The highest BCUT2D eigenvalue weighted by Crippen LogP contribution is 1.89. The molecule has 0 saturated carbocycles. The summed E-state index contributed by atoms with van der Waals surface area (Å²) in [5, 5.41) is 0. The van der Waals surface area contributed by atoms with E-state index in [0.717, 1.165) is 6.42 Å². The molecule has 5 heteroatoms. The third-order valence-corrected chi connectivity index (χ3v) is 1.71. The zero-order chi connectivity index (χ0) is 10.1. The molecule has 1 atom stereocenters. The molecule has 0 saturated heterocycles. The van der Waals surface area contributed by atoms with E-state index in [1.54, 1.807) is 0 Å². The van der Waals surface area contributed by atoms with Gasteiger partial charge < -0.3 is 15.2 Å². The van der Waals surface area contributed by atoms with Gasteiger partial charge in [0.2, 0.25) is 0 Å². The molecular formula is C8H17NO3S. The molecule has 0 unspecified atom stereocenters. The van der Waals surface area contributed by atoms with Crippen LogP contribution in [0, 0.1) is 0 Å². The Kier molecular flexibility index (Phi) is 8.18. The summed E-state index contributed by atoms with van der Waals surface area (Å²) >= 11 is 3.88. The number of esters is 1. The molecule has 0 aromatic carbocycles. The van der Waals surface area contributed by atoms with Gasteiger partial charge in [0, 0.05) is 12.4 Å². The van der Waals surface area contributed by atoms with Crippen LogP contribution in [-0.4, -0.2) is 37.6 Å². The molecule has 0 radical (unpaired) electrons. The maximum absolute atomic E-state index is 11.0. The van der Waals surface area contributed by atoms with E-state index in [1.165, 1.54) is 0 Å². The number of carbonyl (C=O) groups is 1. The minimum absolute atomic E-state index is 0.264. The zero-order valence-corrected chi connectivity index (χ0v) is 8.76. The lowest BCUT2D eigenvalue weighted by Gasteiger charge is -2.08. The fraction of sp³-hybridized carbons (Fsp3) is 0.875. The van der Waals surface area contributed by atoms with Gasteiger partial charge >= 0.3 is 5.97 Å². The van der Waals surface area contributed by atoms with E-state index in [1.807, 2.05) is 6.92 Å². The average Bonchev–Trinajstić information content (AvgIpc) is 2.16. The molecule has 0 aliphatic carbocycles. The second-order valence-corrected chi connectivity index (χ2v) is 2.93. The second-order valence-electron chi connectivity index (χ2n) is 2.57. The summed E-state index contributed by atoms with van der Waals surface area (Å²) in [6.45, 7) is 3.40. The molecule has 0 aliphatic rings. The standard InChI is InChI=1S/C8H17NO3S/c1-2-3-11-4-5-12-8(10)7(9)6-13/h7,13H,2-6,9H2,1H3/t7-/m1/s1. The Morgan fingerprint density at radius 1 is 1.46 bits per heavy atom. The van der Waals surface area contributed by atoms with Crippen LogP contribution in [0.1, 0.15) is 13.3 Å². The Morgan fingerprint density at radius 2 is 2.15 bits per heavy atom. The Balaban J connectivity index is 3.27. The summed E-state index contributed by atoms with van der Waals surface area (Å²) in [4.78, 5) is 11.0. The maximum Gasteiger partial charge on any atom is 0.323 e. The molecule has 0 bridgehead atoms. The predicted molar refractivity (Wildman–Crippen MR) is 53.9 cm³/mol. The lowest BCUT2D eigenvalue weighted by Crippen LogP contribution is -2.34. The number of thiol groups is 1. The average molecular weight is 207 g/mol. The number of hydrogen-bond acceptors (Lipinski definition) is 5. The van der Waals surface area contributed by atoms with Crippen molar-refractivity contribution >= 4 is 18.6 Å². The first kappa shape index (κ1) is 12.7. The molecule has 0 aromatic rings. The maximum atomic E-state index is 11.0. The Morgan fingerprint density at radius 3 is 2.69 bits per heavy atom. The van der Waals surface area contributed by atoms with Crippen molar-refractivity contribution in [2.24, 2.45) is 5.73 Å². The van der Waals surface area contributed by atoms with Gasteiger partial charge in [-0.25, -0.2) is 0 Å². The van der Waals surface area contributed by atoms with Crippen LogP contribution in [0.3, 0.4) is 0 Å². The van der Waals surface area contributed by atoms with Crippen molar-refractivity contribution in [1.82, 2.24) is 0 Å². The number of hydrogen-bond donors (Lipinski definition) is 2. The van der Waals surface area contributed by atoms with Crippen molar-refractivity contribution in [1.29, 1.82) is 0 Å². The van der Waals surface area contributed by atoms with Gasteiger partial charge in [-0.1, -0.05) is 6.92 Å². The number of ether oxygens (including phenoxy) is 2.